The third-order valence-electron chi connectivity index (χ3n) is 2.67. The van der Waals surface area contributed by atoms with Gasteiger partial charge in [0.05, 0.1) is 12.3 Å². The van der Waals surface area contributed by atoms with Gasteiger partial charge in [-0.25, -0.2) is 19.4 Å². The molecule has 0 amide bonds. The van der Waals surface area contributed by atoms with Crippen LogP contribution in [0.25, 0.3) is 0 Å². The van der Waals surface area contributed by atoms with Crippen LogP contribution in [0, 0.1) is 5.92 Å². The molecule has 4 heteroatoms. The fraction of sp³-hybridized carbons (Fsp3) is 0.857. The third-order valence-corrected chi connectivity index (χ3v) is 2.67. The first-order valence-electron chi connectivity index (χ1n) is 6.99. The zero-order valence-corrected chi connectivity index (χ0v) is 11.9. The van der Waals surface area contributed by atoms with Crippen molar-refractivity contribution in [1.82, 2.24) is 0 Å². The van der Waals surface area contributed by atoms with Gasteiger partial charge in [-0.1, -0.05) is 59.3 Å². The topological polar surface area (TPSA) is 52.6 Å². The molecule has 0 aliphatic carbocycles. The normalized spacial score (nSPS) is 10.4. The summed E-state index contributed by atoms with van der Waals surface area (Å²) in [5.74, 6) is -1.25. The van der Waals surface area contributed by atoms with E-state index in [1.807, 2.05) is 0 Å². The van der Waals surface area contributed by atoms with Crippen LogP contribution >= 0.6 is 0 Å². The largest absolute Gasteiger partial charge is 0.358 e. The Morgan fingerprint density at radius 3 is 2.00 bits per heavy atom. The first kappa shape index (κ1) is 16.9. The van der Waals surface area contributed by atoms with E-state index in [2.05, 4.69) is 16.7 Å². The Bertz CT molecular complexity index is 236. The van der Waals surface area contributed by atoms with Gasteiger partial charge in [0.15, 0.2) is 0 Å². The Balaban J connectivity index is 3.35. The van der Waals surface area contributed by atoms with Gasteiger partial charge in [-0.2, -0.15) is 0 Å². The van der Waals surface area contributed by atoms with Crippen molar-refractivity contribution in [2.24, 2.45) is 5.92 Å². The van der Waals surface area contributed by atoms with E-state index < -0.39 is 11.9 Å². The van der Waals surface area contributed by atoms with E-state index in [0.29, 0.717) is 6.42 Å². The fourth-order valence-corrected chi connectivity index (χ4v) is 1.45. The lowest BCUT2D eigenvalue weighted by molar-refractivity contribution is -0.261. The summed E-state index contributed by atoms with van der Waals surface area (Å²) in [6.07, 6.45) is 8.32. The van der Waals surface area contributed by atoms with E-state index in [1.54, 1.807) is 13.8 Å². The van der Waals surface area contributed by atoms with Crippen molar-refractivity contribution in [2.75, 3.05) is 0 Å². The molecule has 0 spiro atoms. The van der Waals surface area contributed by atoms with Crippen molar-refractivity contribution >= 4 is 11.9 Å². The van der Waals surface area contributed by atoms with E-state index in [1.165, 1.54) is 25.7 Å². The minimum atomic E-state index is -0.511. The third kappa shape index (κ3) is 10.1. The molecule has 0 saturated heterocycles. The number of unbranched alkanes of at least 4 members (excludes halogenated alkanes) is 6. The number of carbonyl (C=O) groups excluding carboxylic acids is 2. The van der Waals surface area contributed by atoms with E-state index in [0.717, 1.165) is 19.3 Å². The number of hydrogen-bond donors (Lipinski definition) is 0. The van der Waals surface area contributed by atoms with E-state index in [4.69, 9.17) is 0 Å². The maximum absolute atomic E-state index is 11.2. The Morgan fingerprint density at radius 2 is 1.44 bits per heavy atom. The number of rotatable bonds is 9. The summed E-state index contributed by atoms with van der Waals surface area (Å²) in [5, 5.41) is 0. The van der Waals surface area contributed by atoms with Gasteiger partial charge in [-0.05, 0) is 6.42 Å². The molecule has 0 rings (SSSR count). The average molecular weight is 258 g/mol. The number of carbonyl (C=O) groups is 2. The van der Waals surface area contributed by atoms with Crippen LogP contribution in [-0.4, -0.2) is 11.9 Å². The fourth-order valence-electron chi connectivity index (χ4n) is 1.45. The van der Waals surface area contributed by atoms with Gasteiger partial charge in [0, 0.05) is 0 Å². The Labute approximate surface area is 110 Å². The molecular formula is C14H26O4. The highest BCUT2D eigenvalue weighted by Gasteiger charge is 2.12. The van der Waals surface area contributed by atoms with Crippen LogP contribution in [0.3, 0.4) is 0 Å². The van der Waals surface area contributed by atoms with Gasteiger partial charge in [0.25, 0.3) is 0 Å². The van der Waals surface area contributed by atoms with Gasteiger partial charge in [0.2, 0.25) is 0 Å². The molecule has 106 valence electrons. The molecule has 0 aliphatic rings. The highest BCUT2D eigenvalue weighted by Crippen LogP contribution is 2.09. The van der Waals surface area contributed by atoms with E-state index >= 15 is 0 Å². The summed E-state index contributed by atoms with van der Waals surface area (Å²) in [7, 11) is 0. The van der Waals surface area contributed by atoms with Crippen molar-refractivity contribution < 1.29 is 19.4 Å². The van der Waals surface area contributed by atoms with Crippen LogP contribution in [0.4, 0.5) is 0 Å². The summed E-state index contributed by atoms with van der Waals surface area (Å²) in [4.78, 5) is 31.0. The van der Waals surface area contributed by atoms with Crippen LogP contribution < -0.4 is 0 Å². The SMILES string of the molecule is CCCCCCCCCC(=O)OOC(=O)C(C)C. The van der Waals surface area contributed by atoms with E-state index in [9.17, 15) is 9.59 Å². The molecule has 18 heavy (non-hydrogen) atoms. The predicted molar refractivity (Wildman–Crippen MR) is 69.6 cm³/mol. The molecule has 0 bridgehead atoms. The summed E-state index contributed by atoms with van der Waals surface area (Å²) < 4.78 is 0. The molecule has 0 radical (unpaired) electrons. The quantitative estimate of drug-likeness (QED) is 0.359. The lowest BCUT2D eigenvalue weighted by Crippen LogP contribution is -2.15. The van der Waals surface area contributed by atoms with Gasteiger partial charge >= 0.3 is 11.9 Å². The van der Waals surface area contributed by atoms with Crippen molar-refractivity contribution in [3.05, 3.63) is 0 Å². The molecule has 0 unspecified atom stereocenters. The molecule has 0 aromatic heterocycles. The number of hydrogen-bond acceptors (Lipinski definition) is 4. The predicted octanol–water partition coefficient (Wildman–Crippen LogP) is 3.78. The van der Waals surface area contributed by atoms with E-state index in [-0.39, 0.29) is 5.92 Å². The summed E-state index contributed by atoms with van der Waals surface area (Å²) in [5.41, 5.74) is 0. The zero-order chi connectivity index (χ0) is 13.8. The molecule has 0 fully saturated rings. The highest BCUT2D eigenvalue weighted by atomic mass is 17.2. The van der Waals surface area contributed by atoms with Crippen LogP contribution in [0.15, 0.2) is 0 Å². The van der Waals surface area contributed by atoms with Crippen molar-refractivity contribution in [3.63, 3.8) is 0 Å². The monoisotopic (exact) mass is 258 g/mol. The maximum Gasteiger partial charge on any atom is 0.358 e. The first-order chi connectivity index (χ1) is 8.57. The van der Waals surface area contributed by atoms with Gasteiger partial charge < -0.3 is 0 Å². The summed E-state index contributed by atoms with van der Waals surface area (Å²) >= 11 is 0. The lowest BCUT2D eigenvalue weighted by atomic mass is 10.1. The molecule has 0 atom stereocenters. The summed E-state index contributed by atoms with van der Waals surface area (Å²) in [6, 6.07) is 0. The standard InChI is InChI=1S/C14H26O4/c1-4-5-6-7-8-9-10-11-13(15)17-18-14(16)12(2)3/h12H,4-11H2,1-3H3. The zero-order valence-electron chi connectivity index (χ0n) is 11.9. The second-order valence-electron chi connectivity index (χ2n) is 4.88. The molecule has 0 aromatic rings. The lowest BCUT2D eigenvalue weighted by Gasteiger charge is -2.05. The molecule has 0 aromatic carbocycles. The van der Waals surface area contributed by atoms with Crippen molar-refractivity contribution in [3.8, 4) is 0 Å². The molecule has 0 heterocycles. The van der Waals surface area contributed by atoms with Crippen LogP contribution in [0.1, 0.15) is 72.1 Å². The molecular weight excluding hydrogens is 232 g/mol. The minimum absolute atomic E-state index is 0.281. The van der Waals surface area contributed by atoms with Gasteiger partial charge in [0.1, 0.15) is 0 Å². The molecule has 0 aliphatic heterocycles. The second-order valence-corrected chi connectivity index (χ2v) is 4.88. The summed E-state index contributed by atoms with van der Waals surface area (Å²) in [6.45, 7) is 5.56. The Hall–Kier alpha value is -1.06. The van der Waals surface area contributed by atoms with Gasteiger partial charge in [-0.3, -0.25) is 0 Å². The molecule has 0 N–H and O–H groups in total. The Morgan fingerprint density at radius 1 is 0.889 bits per heavy atom. The molecule has 4 nitrogen and oxygen atoms in total. The van der Waals surface area contributed by atoms with Crippen molar-refractivity contribution in [1.29, 1.82) is 0 Å². The smallest absolute Gasteiger partial charge is 0.247 e. The second kappa shape index (κ2) is 11.1. The molecule has 0 saturated carbocycles. The first-order valence-corrected chi connectivity index (χ1v) is 6.99. The maximum atomic E-state index is 11.2. The average Bonchev–Trinajstić information content (AvgIpc) is 2.34. The minimum Gasteiger partial charge on any atom is -0.247 e. The highest BCUT2D eigenvalue weighted by molar-refractivity contribution is 5.73. The van der Waals surface area contributed by atoms with Crippen LogP contribution in [-0.2, 0) is 19.4 Å². The van der Waals surface area contributed by atoms with Gasteiger partial charge in [-0.15, -0.1) is 0 Å². The Kier molecular flexibility index (Phi) is 10.4. The van der Waals surface area contributed by atoms with Crippen LogP contribution in [0.2, 0.25) is 0 Å². The van der Waals surface area contributed by atoms with Crippen molar-refractivity contribution in [2.45, 2.75) is 72.1 Å². The van der Waals surface area contributed by atoms with Crippen LogP contribution in [0.5, 0.6) is 0 Å².